The number of carbonyl (C=O) groups excluding carboxylic acids is 2. The lowest BCUT2D eigenvalue weighted by Crippen LogP contribution is -2.60. The topological polar surface area (TPSA) is 120 Å². The Bertz CT molecular complexity index is 1440. The first-order valence-corrected chi connectivity index (χ1v) is 16.1. The summed E-state index contributed by atoms with van der Waals surface area (Å²) in [4.78, 5) is 44.8. The Kier molecular flexibility index (Phi) is 8.20. The number of amides is 2. The molecule has 0 bridgehead atoms. The van der Waals surface area contributed by atoms with Gasteiger partial charge >= 0.3 is 5.97 Å². The van der Waals surface area contributed by atoms with Gasteiger partial charge in [0, 0.05) is 40.9 Å². The summed E-state index contributed by atoms with van der Waals surface area (Å²) < 4.78 is 16.1. The van der Waals surface area contributed by atoms with E-state index < -0.39 is 40.2 Å². The van der Waals surface area contributed by atoms with Gasteiger partial charge < -0.3 is 15.7 Å². The van der Waals surface area contributed by atoms with Gasteiger partial charge in [-0.2, -0.15) is 0 Å². The molecule has 230 valence electrons. The summed E-state index contributed by atoms with van der Waals surface area (Å²) in [6, 6.07) is 5.38. The van der Waals surface area contributed by atoms with E-state index in [-0.39, 0.29) is 34.0 Å². The number of carbonyl (C=O) groups is 3. The van der Waals surface area contributed by atoms with Crippen molar-refractivity contribution in [3.05, 3.63) is 57.6 Å². The maximum absolute atomic E-state index is 16.1. The number of halogens is 3. The first-order valence-electron chi connectivity index (χ1n) is 15.4. The summed E-state index contributed by atoms with van der Waals surface area (Å²) in [5.41, 5.74) is -1.45. The van der Waals surface area contributed by atoms with Crippen molar-refractivity contribution in [1.29, 1.82) is 0 Å². The van der Waals surface area contributed by atoms with Gasteiger partial charge in [0.2, 0.25) is 11.8 Å². The molecule has 2 amide bonds. The van der Waals surface area contributed by atoms with E-state index in [4.69, 9.17) is 23.2 Å². The summed E-state index contributed by atoms with van der Waals surface area (Å²) in [6.07, 6.45) is 10.9. The van der Waals surface area contributed by atoms with E-state index in [1.165, 1.54) is 6.07 Å². The van der Waals surface area contributed by atoms with Crippen LogP contribution in [0.2, 0.25) is 10.2 Å². The average Bonchev–Trinajstić information content (AvgIpc) is 3.42. The normalized spacial score (nSPS) is 27.2. The molecule has 0 unspecified atom stereocenters. The number of carboxylic acid groups (broad SMARTS) is 1. The minimum Gasteiger partial charge on any atom is -0.481 e. The van der Waals surface area contributed by atoms with E-state index in [0.717, 1.165) is 51.4 Å². The molecule has 3 atom stereocenters. The number of anilines is 1. The van der Waals surface area contributed by atoms with Crippen LogP contribution in [0, 0.1) is 5.82 Å². The van der Waals surface area contributed by atoms with E-state index in [0.29, 0.717) is 36.9 Å². The fourth-order valence-corrected chi connectivity index (χ4v) is 9.02. The molecule has 2 aromatic rings. The van der Waals surface area contributed by atoms with Crippen molar-refractivity contribution in [2.45, 2.75) is 112 Å². The summed E-state index contributed by atoms with van der Waals surface area (Å²) in [6.45, 7) is 0. The number of rotatable bonds is 7. The van der Waals surface area contributed by atoms with Crippen molar-refractivity contribution in [3.63, 3.8) is 0 Å². The molecule has 2 aliphatic heterocycles. The first kappa shape index (κ1) is 30.3. The smallest absolute Gasteiger partial charge is 0.303 e. The van der Waals surface area contributed by atoms with Crippen molar-refractivity contribution >= 4 is 46.7 Å². The van der Waals surface area contributed by atoms with Gasteiger partial charge in [0.15, 0.2) is 0 Å². The van der Waals surface area contributed by atoms with Gasteiger partial charge in [-0.3, -0.25) is 19.7 Å². The van der Waals surface area contributed by atoms with Crippen LogP contribution in [0.4, 0.5) is 10.1 Å². The first-order chi connectivity index (χ1) is 20.6. The fourth-order valence-electron chi connectivity index (χ4n) is 8.68. The van der Waals surface area contributed by atoms with E-state index in [1.54, 1.807) is 24.4 Å². The standard InChI is InChI=1S/C32H37Cl2FN4O4/c33-21-10-7-9-19(26(21)35)25-27(28(42)39-30(12-3-1-4-13-30)14-8-11-24(40)41)38-31(15-5-2-6-16-31)32(25)20-18-36-23(34)17-22(20)37-29(32)43/h7,9-10,17-18,25,27,38H,1-6,8,11-16H2,(H,37,43)(H,39,42)(H,40,41)/t25-,27+,32+/m0/s1. The Labute approximate surface area is 260 Å². The van der Waals surface area contributed by atoms with Gasteiger partial charge in [-0.05, 0) is 56.2 Å². The van der Waals surface area contributed by atoms with Crippen LogP contribution < -0.4 is 16.0 Å². The number of aliphatic carboxylic acids is 1. The zero-order valence-corrected chi connectivity index (χ0v) is 25.5. The minimum absolute atomic E-state index is 0.0222. The minimum atomic E-state index is -1.35. The van der Waals surface area contributed by atoms with Crippen molar-refractivity contribution in [3.8, 4) is 0 Å². The Hall–Kier alpha value is -2.75. The highest BCUT2D eigenvalue weighted by molar-refractivity contribution is 6.31. The Balaban J connectivity index is 1.50. The van der Waals surface area contributed by atoms with Gasteiger partial charge in [0.25, 0.3) is 0 Å². The van der Waals surface area contributed by atoms with Crippen molar-refractivity contribution in [1.82, 2.24) is 15.6 Å². The molecule has 2 aliphatic carbocycles. The average molecular weight is 632 g/mol. The molecule has 6 rings (SSSR count). The van der Waals surface area contributed by atoms with Crippen molar-refractivity contribution in [2.24, 2.45) is 0 Å². The Morgan fingerprint density at radius 2 is 1.77 bits per heavy atom. The third-order valence-corrected chi connectivity index (χ3v) is 10.9. The second kappa shape index (κ2) is 11.6. The van der Waals surface area contributed by atoms with E-state index >= 15 is 4.39 Å². The molecular weight excluding hydrogens is 594 g/mol. The monoisotopic (exact) mass is 630 g/mol. The molecule has 8 nitrogen and oxygen atoms in total. The lowest BCUT2D eigenvalue weighted by Gasteiger charge is -2.46. The fraction of sp³-hybridized carbons (Fsp3) is 0.562. The largest absolute Gasteiger partial charge is 0.481 e. The molecule has 3 heterocycles. The summed E-state index contributed by atoms with van der Waals surface area (Å²) in [5, 5.41) is 19.4. The molecule has 43 heavy (non-hydrogen) atoms. The van der Waals surface area contributed by atoms with Crippen molar-refractivity contribution in [2.75, 3.05) is 5.32 Å². The summed E-state index contributed by atoms with van der Waals surface area (Å²) in [5.74, 6) is -3.08. The maximum atomic E-state index is 16.1. The number of nitrogens with one attached hydrogen (secondary N) is 3. The molecule has 4 aliphatic rings. The van der Waals surface area contributed by atoms with Crippen LogP contribution in [-0.2, 0) is 19.8 Å². The van der Waals surface area contributed by atoms with Gasteiger partial charge in [-0.15, -0.1) is 0 Å². The lowest BCUT2D eigenvalue weighted by molar-refractivity contribution is -0.137. The maximum Gasteiger partial charge on any atom is 0.303 e. The molecule has 1 aromatic carbocycles. The van der Waals surface area contributed by atoms with Gasteiger partial charge in [0.05, 0.1) is 11.1 Å². The second-order valence-corrected chi connectivity index (χ2v) is 13.6. The zero-order valence-electron chi connectivity index (χ0n) is 24.0. The number of pyridine rings is 1. The number of carboxylic acids is 1. The lowest BCUT2D eigenvalue weighted by atomic mass is 9.55. The quantitative estimate of drug-likeness (QED) is 0.268. The molecule has 0 radical (unpaired) electrons. The SMILES string of the molecule is O=C(O)CCCC1(NC(=O)[C@@H]2NC3(CCCCC3)[C@@]3(C(=O)Nc4cc(Cl)ncc43)[C@H]2c2cccc(Cl)c2F)CCCCC1. The predicted octanol–water partition coefficient (Wildman–Crippen LogP) is 6.25. The van der Waals surface area contributed by atoms with Gasteiger partial charge in [-0.1, -0.05) is 73.9 Å². The highest BCUT2D eigenvalue weighted by Crippen LogP contribution is 2.62. The number of nitrogens with zero attached hydrogens (tertiary/aromatic N) is 1. The highest BCUT2D eigenvalue weighted by Gasteiger charge is 2.72. The van der Waals surface area contributed by atoms with Crippen LogP contribution in [-0.4, -0.2) is 45.0 Å². The van der Waals surface area contributed by atoms with Crippen molar-refractivity contribution < 1.29 is 23.9 Å². The van der Waals surface area contributed by atoms with Crippen LogP contribution in [0.25, 0.3) is 0 Å². The predicted molar refractivity (Wildman–Crippen MR) is 162 cm³/mol. The summed E-state index contributed by atoms with van der Waals surface area (Å²) >= 11 is 12.6. The molecule has 11 heteroatoms. The number of aromatic nitrogens is 1. The number of benzene rings is 1. The molecule has 1 aromatic heterocycles. The number of hydrogen-bond donors (Lipinski definition) is 4. The molecule has 2 spiro atoms. The van der Waals surface area contributed by atoms with Crippen LogP contribution in [0.1, 0.15) is 101 Å². The second-order valence-electron chi connectivity index (χ2n) is 12.8. The van der Waals surface area contributed by atoms with E-state index in [9.17, 15) is 19.5 Å². The van der Waals surface area contributed by atoms with Gasteiger partial charge in [-0.25, -0.2) is 9.37 Å². The Morgan fingerprint density at radius 3 is 2.47 bits per heavy atom. The molecular formula is C32H37Cl2FN4O4. The van der Waals surface area contributed by atoms with Crippen LogP contribution in [0.15, 0.2) is 30.5 Å². The highest BCUT2D eigenvalue weighted by atomic mass is 35.5. The zero-order chi connectivity index (χ0) is 30.4. The van der Waals surface area contributed by atoms with Crippen LogP contribution >= 0.6 is 23.2 Å². The number of hydrogen-bond acceptors (Lipinski definition) is 5. The van der Waals surface area contributed by atoms with Gasteiger partial charge in [0.1, 0.15) is 16.4 Å². The molecule has 3 fully saturated rings. The third-order valence-electron chi connectivity index (χ3n) is 10.4. The van der Waals surface area contributed by atoms with Crippen LogP contribution in [0.3, 0.4) is 0 Å². The van der Waals surface area contributed by atoms with Crippen LogP contribution in [0.5, 0.6) is 0 Å². The number of fused-ring (bicyclic) bond motifs is 3. The molecule has 1 saturated heterocycles. The Morgan fingerprint density at radius 1 is 1.07 bits per heavy atom. The molecule has 4 N–H and O–H groups in total. The summed E-state index contributed by atoms with van der Waals surface area (Å²) in [7, 11) is 0. The molecule has 2 saturated carbocycles. The van der Waals surface area contributed by atoms with E-state index in [1.807, 2.05) is 0 Å². The third kappa shape index (κ3) is 5.01. The van der Waals surface area contributed by atoms with E-state index in [2.05, 4.69) is 20.9 Å².